The molecule has 2 N–H and O–H groups in total. The fourth-order valence-electron chi connectivity index (χ4n) is 2.42. The third kappa shape index (κ3) is 5.50. The Balaban J connectivity index is 1.93. The highest BCUT2D eigenvalue weighted by Crippen LogP contribution is 2.11. The summed E-state index contributed by atoms with van der Waals surface area (Å²) < 4.78 is 0. The zero-order valence-electron chi connectivity index (χ0n) is 14.7. The van der Waals surface area contributed by atoms with E-state index < -0.39 is 0 Å². The highest BCUT2D eigenvalue weighted by molar-refractivity contribution is 6.30. The molecule has 0 aromatic heterocycles. The normalized spacial score (nSPS) is 11.1. The molecule has 1 amide bonds. The van der Waals surface area contributed by atoms with Gasteiger partial charge in [-0.2, -0.15) is 0 Å². The van der Waals surface area contributed by atoms with Crippen LogP contribution in [0.4, 0.5) is 0 Å². The van der Waals surface area contributed by atoms with E-state index in [0.29, 0.717) is 12.1 Å². The Kier molecular flexibility index (Phi) is 6.83. The standard InChI is InChI=1S/C19H23ClN4O/c1-21-18(25)16-8-4-14(5-9-16)12-23-19(22-2)24(3)13-15-6-10-17(20)11-7-15/h4-11H,12-13H2,1-3H3,(H,21,25)(H,22,23). The van der Waals surface area contributed by atoms with Gasteiger partial charge in [-0.15, -0.1) is 0 Å². The topological polar surface area (TPSA) is 56.7 Å². The Morgan fingerprint density at radius 3 is 2.24 bits per heavy atom. The molecule has 0 aliphatic carbocycles. The SMILES string of the molecule is CN=C(NCc1ccc(C(=O)NC)cc1)N(C)Cc1ccc(Cl)cc1. The predicted octanol–water partition coefficient (Wildman–Crippen LogP) is 2.91. The zero-order chi connectivity index (χ0) is 18.2. The molecule has 0 heterocycles. The number of benzene rings is 2. The van der Waals surface area contributed by atoms with Gasteiger partial charge in [0.1, 0.15) is 0 Å². The molecule has 2 aromatic carbocycles. The minimum Gasteiger partial charge on any atom is -0.355 e. The van der Waals surface area contributed by atoms with E-state index in [9.17, 15) is 4.79 Å². The second-order valence-corrected chi connectivity index (χ2v) is 6.10. The highest BCUT2D eigenvalue weighted by atomic mass is 35.5. The molecule has 0 unspecified atom stereocenters. The van der Waals surface area contributed by atoms with E-state index in [2.05, 4.69) is 15.6 Å². The molecule has 132 valence electrons. The van der Waals surface area contributed by atoms with Gasteiger partial charge in [0.2, 0.25) is 0 Å². The Morgan fingerprint density at radius 2 is 1.68 bits per heavy atom. The monoisotopic (exact) mass is 358 g/mol. The van der Waals surface area contributed by atoms with Gasteiger partial charge in [0.05, 0.1) is 0 Å². The molecule has 0 fully saturated rings. The van der Waals surface area contributed by atoms with Crippen LogP contribution >= 0.6 is 11.6 Å². The maximum absolute atomic E-state index is 11.6. The van der Waals surface area contributed by atoms with Gasteiger partial charge >= 0.3 is 0 Å². The summed E-state index contributed by atoms with van der Waals surface area (Å²) in [6, 6.07) is 15.3. The van der Waals surface area contributed by atoms with E-state index in [1.807, 2.05) is 60.5 Å². The van der Waals surface area contributed by atoms with Crippen LogP contribution in [0.25, 0.3) is 0 Å². The van der Waals surface area contributed by atoms with Crippen molar-refractivity contribution in [3.8, 4) is 0 Å². The maximum Gasteiger partial charge on any atom is 0.251 e. The Bertz CT molecular complexity index is 726. The van der Waals surface area contributed by atoms with Gasteiger partial charge in [0, 0.05) is 44.8 Å². The number of hydrogen-bond donors (Lipinski definition) is 2. The molecular formula is C19H23ClN4O. The lowest BCUT2D eigenvalue weighted by Crippen LogP contribution is -2.38. The van der Waals surface area contributed by atoms with Crippen molar-refractivity contribution in [3.05, 3.63) is 70.2 Å². The summed E-state index contributed by atoms with van der Waals surface area (Å²) >= 11 is 5.92. The average molecular weight is 359 g/mol. The van der Waals surface area contributed by atoms with E-state index >= 15 is 0 Å². The number of nitrogens with one attached hydrogen (secondary N) is 2. The third-order valence-corrected chi connectivity index (χ3v) is 4.05. The molecule has 0 aliphatic heterocycles. The second kappa shape index (κ2) is 9.08. The van der Waals surface area contributed by atoms with Gasteiger partial charge in [-0.25, -0.2) is 0 Å². The van der Waals surface area contributed by atoms with Crippen molar-refractivity contribution in [1.29, 1.82) is 0 Å². The smallest absolute Gasteiger partial charge is 0.251 e. The molecule has 0 spiro atoms. The number of amides is 1. The first-order chi connectivity index (χ1) is 12.0. The van der Waals surface area contributed by atoms with Crippen molar-refractivity contribution in [2.24, 2.45) is 4.99 Å². The van der Waals surface area contributed by atoms with Gasteiger partial charge in [0.25, 0.3) is 5.91 Å². The first-order valence-corrected chi connectivity index (χ1v) is 8.38. The van der Waals surface area contributed by atoms with E-state index in [-0.39, 0.29) is 5.91 Å². The molecule has 0 bridgehead atoms. The molecule has 2 rings (SSSR count). The Morgan fingerprint density at radius 1 is 1.08 bits per heavy atom. The van der Waals surface area contributed by atoms with Crippen LogP contribution in [-0.2, 0) is 13.1 Å². The number of aliphatic imine (C=N–C) groups is 1. The summed E-state index contributed by atoms with van der Waals surface area (Å²) in [5.74, 6) is 0.711. The van der Waals surface area contributed by atoms with Gasteiger partial charge < -0.3 is 15.5 Å². The van der Waals surface area contributed by atoms with E-state index in [4.69, 9.17) is 11.6 Å². The lowest BCUT2D eigenvalue weighted by Gasteiger charge is -2.22. The second-order valence-electron chi connectivity index (χ2n) is 5.66. The number of halogens is 1. The van der Waals surface area contributed by atoms with Crippen molar-refractivity contribution >= 4 is 23.5 Å². The molecule has 0 radical (unpaired) electrons. The molecule has 25 heavy (non-hydrogen) atoms. The largest absolute Gasteiger partial charge is 0.355 e. The molecule has 6 heteroatoms. The summed E-state index contributed by atoms with van der Waals surface area (Å²) in [6.07, 6.45) is 0. The van der Waals surface area contributed by atoms with Crippen LogP contribution in [0.5, 0.6) is 0 Å². The van der Waals surface area contributed by atoms with E-state index in [1.54, 1.807) is 14.1 Å². The molecule has 2 aromatic rings. The molecular weight excluding hydrogens is 336 g/mol. The van der Waals surface area contributed by atoms with Crippen LogP contribution in [0.1, 0.15) is 21.5 Å². The Labute approximate surface area is 153 Å². The summed E-state index contributed by atoms with van der Waals surface area (Å²) in [5, 5.41) is 6.67. The van der Waals surface area contributed by atoms with Crippen LogP contribution in [0.15, 0.2) is 53.5 Å². The number of nitrogens with zero attached hydrogens (tertiary/aromatic N) is 2. The van der Waals surface area contributed by atoms with Crippen LogP contribution in [0, 0.1) is 0 Å². The van der Waals surface area contributed by atoms with Gasteiger partial charge in [0.15, 0.2) is 5.96 Å². The summed E-state index contributed by atoms with van der Waals surface area (Å²) in [5.41, 5.74) is 2.88. The lowest BCUT2D eigenvalue weighted by molar-refractivity contribution is 0.0963. The number of rotatable bonds is 5. The maximum atomic E-state index is 11.6. The number of carbonyl (C=O) groups is 1. The minimum absolute atomic E-state index is 0.0852. The van der Waals surface area contributed by atoms with Crippen molar-refractivity contribution in [1.82, 2.24) is 15.5 Å². The molecule has 5 nitrogen and oxygen atoms in total. The zero-order valence-corrected chi connectivity index (χ0v) is 15.5. The molecule has 0 aliphatic rings. The van der Waals surface area contributed by atoms with Crippen LogP contribution in [-0.4, -0.2) is 37.9 Å². The first kappa shape index (κ1) is 18.8. The average Bonchev–Trinajstić information content (AvgIpc) is 2.64. The summed E-state index contributed by atoms with van der Waals surface area (Å²) in [4.78, 5) is 17.9. The van der Waals surface area contributed by atoms with Crippen LogP contribution in [0.2, 0.25) is 5.02 Å². The van der Waals surface area contributed by atoms with Crippen LogP contribution in [0.3, 0.4) is 0 Å². The predicted molar refractivity (Wildman–Crippen MR) is 103 cm³/mol. The van der Waals surface area contributed by atoms with E-state index in [1.165, 1.54) is 0 Å². The summed E-state index contributed by atoms with van der Waals surface area (Å²) in [6.45, 7) is 1.36. The lowest BCUT2D eigenvalue weighted by atomic mass is 10.1. The first-order valence-electron chi connectivity index (χ1n) is 8.00. The molecule has 0 saturated heterocycles. The third-order valence-electron chi connectivity index (χ3n) is 3.80. The number of hydrogen-bond acceptors (Lipinski definition) is 2. The quantitative estimate of drug-likeness (QED) is 0.638. The fourth-order valence-corrected chi connectivity index (χ4v) is 2.55. The van der Waals surface area contributed by atoms with Crippen molar-refractivity contribution in [2.45, 2.75) is 13.1 Å². The minimum atomic E-state index is -0.0852. The Hall–Kier alpha value is -2.53. The fraction of sp³-hybridized carbons (Fsp3) is 0.263. The van der Waals surface area contributed by atoms with Gasteiger partial charge in [-0.1, -0.05) is 35.9 Å². The number of carbonyl (C=O) groups excluding carboxylic acids is 1. The van der Waals surface area contributed by atoms with Gasteiger partial charge in [-0.05, 0) is 35.4 Å². The van der Waals surface area contributed by atoms with Crippen molar-refractivity contribution in [3.63, 3.8) is 0 Å². The summed E-state index contributed by atoms with van der Waals surface area (Å²) in [7, 11) is 5.37. The number of guanidine groups is 1. The molecule has 0 atom stereocenters. The van der Waals surface area contributed by atoms with Crippen LogP contribution < -0.4 is 10.6 Å². The highest BCUT2D eigenvalue weighted by Gasteiger charge is 2.07. The van der Waals surface area contributed by atoms with Crippen molar-refractivity contribution < 1.29 is 4.79 Å². The van der Waals surface area contributed by atoms with Crippen molar-refractivity contribution in [2.75, 3.05) is 21.1 Å². The molecule has 0 saturated carbocycles. The van der Waals surface area contributed by atoms with E-state index in [0.717, 1.165) is 28.7 Å². The van der Waals surface area contributed by atoms with Gasteiger partial charge in [-0.3, -0.25) is 9.79 Å².